The third-order valence-corrected chi connectivity index (χ3v) is 3.98. The molecule has 0 saturated heterocycles. The number of anilines is 2. The molecule has 1 unspecified atom stereocenters. The molecule has 1 atom stereocenters. The molecule has 116 valence electrons. The highest BCUT2D eigenvalue weighted by molar-refractivity contribution is 5.62. The summed E-state index contributed by atoms with van der Waals surface area (Å²) in [4.78, 5) is 8.86. The van der Waals surface area contributed by atoms with E-state index in [0.717, 1.165) is 18.5 Å². The lowest BCUT2D eigenvalue weighted by molar-refractivity contribution is 0.202. The monoisotopic (exact) mass is 298 g/mol. The van der Waals surface area contributed by atoms with Crippen LogP contribution in [-0.4, -0.2) is 16.1 Å². The van der Waals surface area contributed by atoms with Crippen LogP contribution in [-0.2, 0) is 0 Å². The zero-order chi connectivity index (χ0) is 15.4. The van der Waals surface area contributed by atoms with Crippen molar-refractivity contribution in [1.29, 1.82) is 0 Å². The molecule has 2 heterocycles. The van der Waals surface area contributed by atoms with Crippen LogP contribution in [0.3, 0.4) is 0 Å². The van der Waals surface area contributed by atoms with Crippen molar-refractivity contribution in [2.45, 2.75) is 44.8 Å². The molecule has 1 aliphatic rings. The topological polar surface area (TPSA) is 73.1 Å². The number of nitrogens with two attached hydrogens (primary N) is 1. The Morgan fingerprint density at radius 3 is 2.77 bits per heavy atom. The van der Waals surface area contributed by atoms with Gasteiger partial charge in [-0.1, -0.05) is 6.07 Å². The van der Waals surface area contributed by atoms with Crippen LogP contribution < -0.4 is 15.8 Å². The third-order valence-electron chi connectivity index (χ3n) is 3.98. The molecule has 0 bridgehead atoms. The maximum Gasteiger partial charge on any atom is 0.215 e. The highest BCUT2D eigenvalue weighted by atomic mass is 16.5. The lowest BCUT2D eigenvalue weighted by atomic mass is 10.2. The van der Waals surface area contributed by atoms with E-state index in [2.05, 4.69) is 15.3 Å². The van der Waals surface area contributed by atoms with Crippen LogP contribution in [0, 0.1) is 0 Å². The Hall–Kier alpha value is -2.30. The van der Waals surface area contributed by atoms with E-state index in [1.54, 1.807) is 6.20 Å². The van der Waals surface area contributed by atoms with Crippen LogP contribution in [0.15, 0.2) is 36.5 Å². The van der Waals surface area contributed by atoms with Crippen LogP contribution in [0.4, 0.5) is 11.5 Å². The summed E-state index contributed by atoms with van der Waals surface area (Å²) in [7, 11) is 0. The maximum atomic E-state index is 6.02. The van der Waals surface area contributed by atoms with Gasteiger partial charge in [0.2, 0.25) is 5.88 Å². The van der Waals surface area contributed by atoms with Crippen LogP contribution in [0.1, 0.15) is 44.3 Å². The van der Waals surface area contributed by atoms with Crippen LogP contribution in [0.2, 0.25) is 0 Å². The highest BCUT2D eigenvalue weighted by Gasteiger charge is 2.18. The molecule has 0 aliphatic heterocycles. The number of rotatable bonds is 5. The number of aromatic nitrogens is 2. The molecule has 0 aromatic carbocycles. The van der Waals surface area contributed by atoms with Gasteiger partial charge in [-0.15, -0.1) is 0 Å². The Morgan fingerprint density at radius 2 is 2.05 bits per heavy atom. The van der Waals surface area contributed by atoms with Gasteiger partial charge in [-0.05, 0) is 50.8 Å². The summed E-state index contributed by atoms with van der Waals surface area (Å²) in [5.41, 5.74) is 7.59. The fraction of sp³-hybridized carbons (Fsp3) is 0.412. The maximum absolute atomic E-state index is 6.02. The summed E-state index contributed by atoms with van der Waals surface area (Å²) in [5, 5.41) is 3.31. The van der Waals surface area contributed by atoms with Gasteiger partial charge in [0.25, 0.3) is 0 Å². The van der Waals surface area contributed by atoms with Crippen molar-refractivity contribution in [2.75, 3.05) is 11.1 Å². The van der Waals surface area contributed by atoms with Crippen LogP contribution >= 0.6 is 0 Å². The van der Waals surface area contributed by atoms with E-state index in [0.29, 0.717) is 17.4 Å². The molecule has 1 aliphatic carbocycles. The number of hydrogen-bond acceptors (Lipinski definition) is 5. The minimum atomic E-state index is 0.0257. The summed E-state index contributed by atoms with van der Waals surface area (Å²) >= 11 is 0. The van der Waals surface area contributed by atoms with Gasteiger partial charge in [0.05, 0.1) is 17.4 Å². The Kier molecular flexibility index (Phi) is 4.42. The molecule has 0 spiro atoms. The summed E-state index contributed by atoms with van der Waals surface area (Å²) in [6, 6.07) is 9.55. The molecule has 2 aromatic rings. The van der Waals surface area contributed by atoms with Gasteiger partial charge in [-0.3, -0.25) is 4.98 Å². The molecule has 5 heteroatoms. The van der Waals surface area contributed by atoms with Gasteiger partial charge in [0, 0.05) is 12.3 Å². The van der Waals surface area contributed by atoms with E-state index >= 15 is 0 Å². The van der Waals surface area contributed by atoms with Gasteiger partial charge in [-0.2, -0.15) is 4.98 Å². The fourth-order valence-electron chi connectivity index (χ4n) is 2.72. The van der Waals surface area contributed by atoms with E-state index in [4.69, 9.17) is 10.5 Å². The van der Waals surface area contributed by atoms with E-state index in [9.17, 15) is 0 Å². The Labute approximate surface area is 130 Å². The molecule has 0 amide bonds. The molecule has 1 fully saturated rings. The van der Waals surface area contributed by atoms with Crippen molar-refractivity contribution in [3.8, 4) is 5.88 Å². The van der Waals surface area contributed by atoms with E-state index in [1.165, 1.54) is 12.8 Å². The molecule has 1 saturated carbocycles. The van der Waals surface area contributed by atoms with E-state index in [1.807, 2.05) is 37.3 Å². The fourth-order valence-corrected chi connectivity index (χ4v) is 2.72. The van der Waals surface area contributed by atoms with Gasteiger partial charge < -0.3 is 15.8 Å². The summed E-state index contributed by atoms with van der Waals surface area (Å²) in [6.45, 7) is 2.04. The predicted octanol–water partition coefficient (Wildman–Crippen LogP) is 3.55. The molecule has 0 radical (unpaired) electrons. The van der Waals surface area contributed by atoms with Gasteiger partial charge in [-0.25, -0.2) is 0 Å². The first kappa shape index (κ1) is 14.6. The zero-order valence-corrected chi connectivity index (χ0v) is 12.8. The SMILES string of the molecule is CC(Nc1nc(OC2CCCC2)ccc1N)c1ccccn1. The Bertz CT molecular complexity index is 611. The summed E-state index contributed by atoms with van der Waals surface area (Å²) in [6.07, 6.45) is 6.77. The number of nitrogens with one attached hydrogen (secondary N) is 1. The molecule has 3 N–H and O–H groups in total. The van der Waals surface area contributed by atoms with Crippen molar-refractivity contribution in [3.63, 3.8) is 0 Å². The lowest BCUT2D eigenvalue weighted by Gasteiger charge is -2.17. The van der Waals surface area contributed by atoms with Crippen molar-refractivity contribution >= 4 is 11.5 Å². The van der Waals surface area contributed by atoms with E-state index < -0.39 is 0 Å². The van der Waals surface area contributed by atoms with Crippen LogP contribution in [0.5, 0.6) is 5.88 Å². The zero-order valence-electron chi connectivity index (χ0n) is 12.8. The number of nitrogen functional groups attached to an aromatic ring is 1. The quantitative estimate of drug-likeness (QED) is 0.883. The Balaban J connectivity index is 1.72. The summed E-state index contributed by atoms with van der Waals surface area (Å²) < 4.78 is 5.94. The minimum Gasteiger partial charge on any atom is -0.474 e. The van der Waals surface area contributed by atoms with Crippen LogP contribution in [0.25, 0.3) is 0 Å². The first-order valence-corrected chi connectivity index (χ1v) is 7.83. The minimum absolute atomic E-state index is 0.0257. The largest absolute Gasteiger partial charge is 0.474 e. The smallest absolute Gasteiger partial charge is 0.215 e. The first-order valence-electron chi connectivity index (χ1n) is 7.83. The average molecular weight is 298 g/mol. The van der Waals surface area contributed by atoms with Gasteiger partial charge in [0.1, 0.15) is 6.10 Å². The molecule has 22 heavy (non-hydrogen) atoms. The van der Waals surface area contributed by atoms with Gasteiger partial charge >= 0.3 is 0 Å². The second-order valence-corrected chi connectivity index (χ2v) is 5.73. The molecule has 3 rings (SSSR count). The second kappa shape index (κ2) is 6.64. The van der Waals surface area contributed by atoms with Crippen molar-refractivity contribution in [3.05, 3.63) is 42.2 Å². The highest BCUT2D eigenvalue weighted by Crippen LogP contribution is 2.27. The molecule has 2 aromatic heterocycles. The normalized spacial score (nSPS) is 16.4. The standard InChI is InChI=1S/C17H22N4O/c1-12(15-8-4-5-11-19-15)20-17-14(18)9-10-16(21-17)22-13-6-2-3-7-13/h4-5,8-13H,2-3,6-7,18H2,1H3,(H,20,21). The number of ether oxygens (including phenoxy) is 1. The lowest BCUT2D eigenvalue weighted by Crippen LogP contribution is -2.14. The van der Waals surface area contributed by atoms with Crippen molar-refractivity contribution in [1.82, 2.24) is 9.97 Å². The molecular formula is C17H22N4O. The van der Waals surface area contributed by atoms with E-state index in [-0.39, 0.29) is 12.1 Å². The number of hydrogen-bond donors (Lipinski definition) is 2. The second-order valence-electron chi connectivity index (χ2n) is 5.73. The molecule has 5 nitrogen and oxygen atoms in total. The van der Waals surface area contributed by atoms with Crippen molar-refractivity contribution in [2.24, 2.45) is 0 Å². The molecular weight excluding hydrogens is 276 g/mol. The van der Waals surface area contributed by atoms with Crippen molar-refractivity contribution < 1.29 is 4.74 Å². The third kappa shape index (κ3) is 3.47. The number of pyridine rings is 2. The number of nitrogens with zero attached hydrogens (tertiary/aromatic N) is 2. The first-order chi connectivity index (χ1) is 10.7. The summed E-state index contributed by atoms with van der Waals surface area (Å²) in [5.74, 6) is 1.28. The van der Waals surface area contributed by atoms with Gasteiger partial charge in [0.15, 0.2) is 5.82 Å². The predicted molar refractivity (Wildman–Crippen MR) is 87.8 cm³/mol. The Morgan fingerprint density at radius 1 is 1.23 bits per heavy atom. The average Bonchev–Trinajstić information content (AvgIpc) is 3.04.